The molecule has 53 valence electrons. The Bertz CT molecular complexity index is 28.5. The molecule has 0 aromatic carbocycles. The van der Waals surface area contributed by atoms with Gasteiger partial charge in [0.15, 0.2) is 0 Å². The number of rotatable bonds is 0. The number of hydrogen-bond acceptors (Lipinski definition) is 5. The van der Waals surface area contributed by atoms with Crippen molar-refractivity contribution in [2.75, 3.05) is 0 Å². The van der Waals surface area contributed by atoms with E-state index >= 15 is 0 Å². The van der Waals surface area contributed by atoms with Crippen LogP contribution in [0.1, 0.15) is 0 Å². The van der Waals surface area contributed by atoms with Gasteiger partial charge in [-0.3, -0.25) is 0 Å². The molecule has 6 nitrogen and oxygen atoms in total. The van der Waals surface area contributed by atoms with Crippen molar-refractivity contribution in [3.05, 3.63) is 0 Å². The first-order valence-corrected chi connectivity index (χ1v) is 2.51. The first-order chi connectivity index (χ1) is 2.00. The minimum Gasteiger partial charge on any atom is -0.870 e. The summed E-state index contributed by atoms with van der Waals surface area (Å²) in [5.74, 6) is 0. The van der Waals surface area contributed by atoms with Crippen molar-refractivity contribution in [1.29, 1.82) is 0 Å². The minimum atomic E-state index is -5.36. The summed E-state index contributed by atoms with van der Waals surface area (Å²) in [6.07, 6.45) is 0. The summed E-state index contributed by atoms with van der Waals surface area (Å²) in [5, 5.41) is 0. The second-order valence-electron chi connectivity index (χ2n) is 0.524. The molecular weight excluding hydrogens is 219 g/mol. The van der Waals surface area contributed by atoms with E-state index in [2.05, 4.69) is 0 Å². The third-order valence-electron chi connectivity index (χ3n) is 0. The molecule has 0 spiro atoms. The molecular formula is H4CaMnO6Si. The summed E-state index contributed by atoms with van der Waals surface area (Å²) >= 11 is 0. The van der Waals surface area contributed by atoms with Crippen LogP contribution in [0.2, 0.25) is 0 Å². The van der Waals surface area contributed by atoms with Gasteiger partial charge >= 0.3 is 54.8 Å². The van der Waals surface area contributed by atoms with Gasteiger partial charge in [-0.25, -0.2) is 0 Å². The quantitative estimate of drug-likeness (QED) is 0.405. The van der Waals surface area contributed by atoms with E-state index in [1.165, 1.54) is 0 Å². The smallest absolute Gasteiger partial charge is 0.870 e. The van der Waals surface area contributed by atoms with Crippen molar-refractivity contribution in [2.24, 2.45) is 0 Å². The Balaban J connectivity index is -0.0000000133. The van der Waals surface area contributed by atoms with Gasteiger partial charge in [-0.15, -0.1) is 9.05 Å². The zero-order valence-electron chi connectivity index (χ0n) is 4.20. The van der Waals surface area contributed by atoms with Crippen LogP contribution >= 0.6 is 0 Å². The molecule has 9 heteroatoms. The first kappa shape index (κ1) is 30.9. The van der Waals surface area contributed by atoms with E-state index in [4.69, 9.17) is 19.2 Å². The fourth-order valence-electron chi connectivity index (χ4n) is 0. The van der Waals surface area contributed by atoms with E-state index < -0.39 is 9.05 Å². The molecule has 0 rings (SSSR count). The van der Waals surface area contributed by atoms with Crippen molar-refractivity contribution in [3.8, 4) is 0 Å². The molecule has 0 aromatic heterocycles. The Morgan fingerprint density at radius 1 is 1.11 bits per heavy atom. The molecule has 0 aliphatic rings. The van der Waals surface area contributed by atoms with Crippen LogP contribution < -0.4 is 14.4 Å². The zero-order valence-corrected chi connectivity index (χ0v) is 8.59. The second-order valence-corrected chi connectivity index (χ2v) is 1.57. The van der Waals surface area contributed by atoms with Gasteiger partial charge in [0, 0.05) is 0 Å². The monoisotopic (exact) mass is 223 g/mol. The SMILES string of the molecule is O.[Ca+2].[Mn+2].[O-][Si]([O-])([O-])O.[OH-]. The summed E-state index contributed by atoms with van der Waals surface area (Å²) in [6.45, 7) is 0. The molecule has 0 heterocycles. The summed E-state index contributed by atoms with van der Waals surface area (Å²) in [5.41, 5.74) is 0. The van der Waals surface area contributed by atoms with Crippen LogP contribution in [-0.2, 0) is 17.1 Å². The summed E-state index contributed by atoms with van der Waals surface area (Å²) < 4.78 is 0. The Labute approximate surface area is 93.1 Å². The van der Waals surface area contributed by atoms with Gasteiger partial charge in [-0.05, 0) is 0 Å². The largest absolute Gasteiger partial charge is 2.00 e. The van der Waals surface area contributed by atoms with Crippen LogP contribution in [0.3, 0.4) is 0 Å². The van der Waals surface area contributed by atoms with Crippen molar-refractivity contribution >= 4 is 46.8 Å². The maximum Gasteiger partial charge on any atom is 2.00 e. The summed E-state index contributed by atoms with van der Waals surface area (Å²) in [4.78, 5) is 33.1. The predicted octanol–water partition coefficient (Wildman–Crippen LogP) is -5.89. The summed E-state index contributed by atoms with van der Waals surface area (Å²) in [7, 11) is -5.36. The van der Waals surface area contributed by atoms with Crippen LogP contribution in [-0.4, -0.2) is 62.5 Å². The predicted molar refractivity (Wildman–Crippen MR) is 19.3 cm³/mol. The number of hydrogen-bond donors (Lipinski definition) is 1. The van der Waals surface area contributed by atoms with Crippen LogP contribution in [0.4, 0.5) is 0 Å². The Morgan fingerprint density at radius 2 is 1.11 bits per heavy atom. The fraction of sp³-hybridized carbons (Fsp3) is 0. The van der Waals surface area contributed by atoms with Crippen molar-refractivity contribution in [1.82, 2.24) is 0 Å². The Hall–Kier alpha value is 1.76. The van der Waals surface area contributed by atoms with Crippen LogP contribution in [0.15, 0.2) is 0 Å². The average molecular weight is 223 g/mol. The van der Waals surface area contributed by atoms with E-state index in [0.29, 0.717) is 0 Å². The average Bonchev–Trinajstić information content (AvgIpc) is 0.722. The third kappa shape index (κ3) is 190. The minimum absolute atomic E-state index is 0. The van der Waals surface area contributed by atoms with Crippen molar-refractivity contribution in [2.45, 2.75) is 0 Å². The molecule has 0 saturated heterocycles. The van der Waals surface area contributed by atoms with E-state index in [9.17, 15) is 0 Å². The van der Waals surface area contributed by atoms with Crippen LogP contribution in [0, 0.1) is 0 Å². The van der Waals surface area contributed by atoms with Gasteiger partial charge < -0.3 is 30.1 Å². The Kier molecular flexibility index (Phi) is 42.7. The second kappa shape index (κ2) is 12.4. The molecule has 0 bridgehead atoms. The molecule has 0 saturated carbocycles. The maximum atomic E-state index is 8.69. The van der Waals surface area contributed by atoms with Gasteiger partial charge in [0.25, 0.3) is 0 Å². The molecule has 0 amide bonds. The molecule has 0 fully saturated rings. The van der Waals surface area contributed by atoms with E-state index in [-0.39, 0.29) is 65.8 Å². The molecule has 1 radical (unpaired) electrons. The Morgan fingerprint density at radius 3 is 1.11 bits per heavy atom. The van der Waals surface area contributed by atoms with Gasteiger partial charge in [-0.1, -0.05) is 0 Å². The van der Waals surface area contributed by atoms with Gasteiger partial charge in [0.05, 0.1) is 0 Å². The standard InChI is InChI=1S/Ca.Mn.HO4Si.2H2O/c;;1-5(2,3)4;;/h;;1H;2*1H2/q2*+2;-3;;/p-1. The molecule has 0 unspecified atom stereocenters. The molecule has 0 aromatic rings. The van der Waals surface area contributed by atoms with E-state index in [1.54, 1.807) is 0 Å². The van der Waals surface area contributed by atoms with E-state index in [1.807, 2.05) is 0 Å². The zero-order chi connectivity index (χ0) is 4.50. The van der Waals surface area contributed by atoms with E-state index in [0.717, 1.165) is 0 Å². The molecule has 9 heavy (non-hydrogen) atoms. The molecule has 4 N–H and O–H groups in total. The van der Waals surface area contributed by atoms with Crippen molar-refractivity contribution < 1.29 is 47.2 Å². The fourth-order valence-corrected chi connectivity index (χ4v) is 0. The normalized spacial score (nSPS) is 6.67. The van der Waals surface area contributed by atoms with Crippen LogP contribution in [0.5, 0.6) is 0 Å². The summed E-state index contributed by atoms with van der Waals surface area (Å²) in [6, 6.07) is 0. The molecule has 0 aliphatic carbocycles. The maximum absolute atomic E-state index is 8.69. The van der Waals surface area contributed by atoms with Gasteiger partial charge in [0.2, 0.25) is 0 Å². The van der Waals surface area contributed by atoms with Gasteiger partial charge in [-0.2, -0.15) is 0 Å². The first-order valence-electron chi connectivity index (χ1n) is 0.836. The topological polar surface area (TPSA) is 151 Å². The third-order valence-corrected chi connectivity index (χ3v) is 0. The molecule has 0 atom stereocenters. The van der Waals surface area contributed by atoms with Crippen LogP contribution in [0.25, 0.3) is 0 Å². The molecule has 0 aliphatic heterocycles. The van der Waals surface area contributed by atoms with Gasteiger partial charge in [0.1, 0.15) is 0 Å². The van der Waals surface area contributed by atoms with Crippen molar-refractivity contribution in [3.63, 3.8) is 0 Å².